The molecule has 0 heterocycles. The molecule has 114 valence electrons. The Kier molecular flexibility index (Phi) is 6.12. The Bertz CT molecular complexity index is 578. The molecule has 1 aromatic rings. The number of sulfonamides is 1. The molecule has 1 aromatic carbocycles. The van der Waals surface area contributed by atoms with Crippen LogP contribution >= 0.6 is 15.9 Å². The molecule has 1 rings (SSSR count). The van der Waals surface area contributed by atoms with E-state index in [4.69, 9.17) is 0 Å². The van der Waals surface area contributed by atoms with E-state index in [0.29, 0.717) is 16.5 Å². The number of nitrogens with one attached hydrogen (secondary N) is 1. The summed E-state index contributed by atoms with van der Waals surface area (Å²) < 4.78 is 41.2. The fraction of sp³-hybridized carbons (Fsp3) is 0.538. The summed E-state index contributed by atoms with van der Waals surface area (Å²) >= 11 is 3.24. The van der Waals surface area contributed by atoms with E-state index < -0.39 is 15.8 Å². The Balaban J connectivity index is 3.38. The first-order valence-corrected chi connectivity index (χ1v) is 8.59. The van der Waals surface area contributed by atoms with Crippen molar-refractivity contribution < 1.29 is 12.8 Å². The van der Waals surface area contributed by atoms with Crippen LogP contribution in [-0.4, -0.2) is 32.9 Å². The van der Waals surface area contributed by atoms with Crippen molar-refractivity contribution in [2.24, 2.45) is 0 Å². The van der Waals surface area contributed by atoms with Crippen molar-refractivity contribution in [2.75, 3.05) is 14.1 Å². The Morgan fingerprint density at radius 3 is 2.55 bits per heavy atom. The largest absolute Gasteiger partial charge is 0.316 e. The lowest BCUT2D eigenvalue weighted by Crippen LogP contribution is -2.35. The molecule has 0 bridgehead atoms. The molecule has 0 aliphatic heterocycles. The van der Waals surface area contributed by atoms with Crippen LogP contribution in [0.1, 0.15) is 25.8 Å². The lowest BCUT2D eigenvalue weighted by Gasteiger charge is -2.24. The summed E-state index contributed by atoms with van der Waals surface area (Å²) in [4.78, 5) is -0.292. The quantitative estimate of drug-likeness (QED) is 0.841. The standard InChI is InChI=1S/C13H20BrFN2O2S/c1-5-9(2)17(4)20(18,19)12-7-11(14)6-10(8-16-3)13(12)15/h6-7,9,16H,5,8H2,1-4H3. The van der Waals surface area contributed by atoms with Gasteiger partial charge in [0.15, 0.2) is 0 Å². The fourth-order valence-electron chi connectivity index (χ4n) is 1.77. The zero-order valence-electron chi connectivity index (χ0n) is 12.1. The molecule has 0 radical (unpaired) electrons. The fourth-order valence-corrected chi connectivity index (χ4v) is 4.00. The van der Waals surface area contributed by atoms with Gasteiger partial charge in [-0.15, -0.1) is 0 Å². The summed E-state index contributed by atoms with van der Waals surface area (Å²) in [6.07, 6.45) is 0.661. The molecule has 0 saturated heterocycles. The smallest absolute Gasteiger partial charge is 0.246 e. The maximum absolute atomic E-state index is 14.4. The summed E-state index contributed by atoms with van der Waals surface area (Å²) in [6, 6.07) is 2.70. The van der Waals surface area contributed by atoms with Gasteiger partial charge in [0.1, 0.15) is 10.7 Å². The summed E-state index contributed by atoms with van der Waals surface area (Å²) in [5, 5.41) is 2.82. The molecule has 0 aliphatic rings. The van der Waals surface area contributed by atoms with Gasteiger partial charge in [-0.05, 0) is 32.5 Å². The molecule has 0 amide bonds. The predicted molar refractivity (Wildman–Crippen MR) is 81.6 cm³/mol. The van der Waals surface area contributed by atoms with E-state index in [1.807, 2.05) is 6.92 Å². The number of hydrogen-bond acceptors (Lipinski definition) is 3. The molecule has 4 nitrogen and oxygen atoms in total. The van der Waals surface area contributed by atoms with Crippen molar-refractivity contribution in [1.82, 2.24) is 9.62 Å². The molecule has 0 spiro atoms. The van der Waals surface area contributed by atoms with Gasteiger partial charge < -0.3 is 5.32 Å². The summed E-state index contributed by atoms with van der Waals surface area (Å²) in [5.41, 5.74) is 0.318. The normalized spacial score (nSPS) is 13.8. The second-order valence-electron chi connectivity index (χ2n) is 4.69. The highest BCUT2D eigenvalue weighted by atomic mass is 79.9. The van der Waals surface area contributed by atoms with E-state index in [-0.39, 0.29) is 17.5 Å². The first-order valence-electron chi connectivity index (χ1n) is 6.36. The van der Waals surface area contributed by atoms with E-state index in [1.165, 1.54) is 17.4 Å². The van der Waals surface area contributed by atoms with Gasteiger partial charge in [0.05, 0.1) is 0 Å². The molecule has 0 saturated carbocycles. The van der Waals surface area contributed by atoms with Crippen LogP contribution in [0, 0.1) is 5.82 Å². The minimum Gasteiger partial charge on any atom is -0.316 e. The summed E-state index contributed by atoms with van der Waals surface area (Å²) in [5.74, 6) is -0.697. The lowest BCUT2D eigenvalue weighted by molar-refractivity contribution is 0.378. The van der Waals surface area contributed by atoms with E-state index >= 15 is 0 Å². The third-order valence-corrected chi connectivity index (χ3v) is 5.74. The van der Waals surface area contributed by atoms with Gasteiger partial charge in [0.25, 0.3) is 0 Å². The van der Waals surface area contributed by atoms with E-state index in [1.54, 1.807) is 20.0 Å². The van der Waals surface area contributed by atoms with Gasteiger partial charge in [-0.25, -0.2) is 12.8 Å². The molecule has 1 N–H and O–H groups in total. The topological polar surface area (TPSA) is 49.4 Å². The minimum absolute atomic E-state index is 0.189. The molecular formula is C13H20BrFN2O2S. The van der Waals surface area contributed by atoms with Gasteiger partial charge in [-0.1, -0.05) is 22.9 Å². The minimum atomic E-state index is -3.84. The highest BCUT2D eigenvalue weighted by Crippen LogP contribution is 2.27. The second kappa shape index (κ2) is 6.98. The van der Waals surface area contributed by atoms with E-state index in [0.717, 1.165) is 0 Å². The van der Waals surface area contributed by atoms with Gasteiger partial charge in [0.2, 0.25) is 10.0 Å². The van der Waals surface area contributed by atoms with Crippen molar-refractivity contribution in [2.45, 2.75) is 37.8 Å². The second-order valence-corrected chi connectivity index (χ2v) is 7.57. The molecule has 0 aliphatic carbocycles. The third-order valence-electron chi connectivity index (χ3n) is 3.32. The van der Waals surface area contributed by atoms with Gasteiger partial charge in [0, 0.05) is 29.7 Å². The molecule has 1 atom stereocenters. The average Bonchev–Trinajstić information content (AvgIpc) is 2.40. The number of nitrogens with zero attached hydrogens (tertiary/aromatic N) is 1. The SMILES string of the molecule is CCC(C)N(C)S(=O)(=O)c1cc(Br)cc(CNC)c1F. The Morgan fingerprint density at radius 2 is 2.05 bits per heavy atom. The average molecular weight is 367 g/mol. The summed E-state index contributed by atoms with van der Waals surface area (Å²) in [6.45, 7) is 3.95. The highest BCUT2D eigenvalue weighted by molar-refractivity contribution is 9.10. The Labute approximate surface area is 128 Å². The Hall–Kier alpha value is -0.500. The maximum Gasteiger partial charge on any atom is 0.246 e. The van der Waals surface area contributed by atoms with Crippen LogP contribution in [0.3, 0.4) is 0 Å². The molecule has 1 unspecified atom stereocenters. The van der Waals surface area contributed by atoms with Crippen LogP contribution in [0.2, 0.25) is 0 Å². The monoisotopic (exact) mass is 366 g/mol. The molecule has 0 aromatic heterocycles. The third kappa shape index (κ3) is 3.58. The van der Waals surface area contributed by atoms with Crippen molar-refractivity contribution >= 4 is 26.0 Å². The highest BCUT2D eigenvalue weighted by Gasteiger charge is 2.29. The number of hydrogen-bond donors (Lipinski definition) is 1. The van der Waals surface area contributed by atoms with Crippen LogP contribution in [0.15, 0.2) is 21.5 Å². The van der Waals surface area contributed by atoms with Crippen LogP contribution in [0.4, 0.5) is 4.39 Å². The first kappa shape index (κ1) is 17.6. The predicted octanol–water partition coefficient (Wildman–Crippen LogP) is 2.73. The maximum atomic E-state index is 14.4. The zero-order valence-corrected chi connectivity index (χ0v) is 14.5. The summed E-state index contributed by atoms with van der Waals surface area (Å²) in [7, 11) is -0.690. The van der Waals surface area contributed by atoms with Crippen molar-refractivity contribution in [3.8, 4) is 0 Å². The van der Waals surface area contributed by atoms with Crippen LogP contribution in [0.5, 0.6) is 0 Å². The van der Waals surface area contributed by atoms with Gasteiger partial charge >= 0.3 is 0 Å². The number of halogens is 2. The van der Waals surface area contributed by atoms with Crippen LogP contribution < -0.4 is 5.32 Å². The molecule has 0 fully saturated rings. The zero-order chi connectivity index (χ0) is 15.5. The van der Waals surface area contributed by atoms with Crippen molar-refractivity contribution in [3.05, 3.63) is 28.0 Å². The first-order chi connectivity index (χ1) is 9.25. The van der Waals surface area contributed by atoms with Crippen LogP contribution in [-0.2, 0) is 16.6 Å². The molecule has 20 heavy (non-hydrogen) atoms. The molecular weight excluding hydrogens is 347 g/mol. The number of benzene rings is 1. The van der Waals surface area contributed by atoms with Crippen molar-refractivity contribution in [3.63, 3.8) is 0 Å². The van der Waals surface area contributed by atoms with Gasteiger partial charge in [-0.3, -0.25) is 0 Å². The van der Waals surface area contributed by atoms with E-state index in [9.17, 15) is 12.8 Å². The molecule has 7 heteroatoms. The van der Waals surface area contributed by atoms with Gasteiger partial charge in [-0.2, -0.15) is 4.31 Å². The van der Waals surface area contributed by atoms with E-state index in [2.05, 4.69) is 21.2 Å². The number of rotatable bonds is 6. The van der Waals surface area contributed by atoms with Crippen molar-refractivity contribution in [1.29, 1.82) is 0 Å². The lowest BCUT2D eigenvalue weighted by atomic mass is 10.2. The Morgan fingerprint density at radius 1 is 1.45 bits per heavy atom. The van der Waals surface area contributed by atoms with Crippen LogP contribution in [0.25, 0.3) is 0 Å².